The lowest BCUT2D eigenvalue weighted by atomic mass is 10.1. The lowest BCUT2D eigenvalue weighted by Gasteiger charge is -2.06. The van der Waals surface area contributed by atoms with Crippen LogP contribution in [-0.2, 0) is 0 Å². The van der Waals surface area contributed by atoms with Gasteiger partial charge in [-0.3, -0.25) is 24.6 Å². The van der Waals surface area contributed by atoms with E-state index in [1.807, 2.05) is 24.3 Å². The van der Waals surface area contributed by atoms with E-state index in [0.29, 0.717) is 10.6 Å². The molecule has 0 bridgehead atoms. The average Bonchev–Trinajstić information content (AvgIpc) is 3.02. The predicted molar refractivity (Wildman–Crippen MR) is 95.0 cm³/mol. The van der Waals surface area contributed by atoms with Crippen molar-refractivity contribution in [3.63, 3.8) is 0 Å². The molecule has 0 saturated heterocycles. The fourth-order valence-electron chi connectivity index (χ4n) is 2.61. The first-order valence-electron chi connectivity index (χ1n) is 7.17. The molecule has 118 valence electrons. The van der Waals surface area contributed by atoms with Crippen LogP contribution < -0.4 is 16.4 Å². The highest BCUT2D eigenvalue weighted by Crippen LogP contribution is 2.26. The third kappa shape index (κ3) is 2.31. The van der Waals surface area contributed by atoms with E-state index >= 15 is 0 Å². The first-order valence-corrected chi connectivity index (χ1v) is 7.99. The lowest BCUT2D eigenvalue weighted by molar-refractivity contribution is 0.103. The molecule has 1 amide bonds. The van der Waals surface area contributed by atoms with Crippen molar-refractivity contribution in [2.24, 2.45) is 0 Å². The summed E-state index contributed by atoms with van der Waals surface area (Å²) in [5, 5.41) is 8.65. The number of thiophene rings is 1. The van der Waals surface area contributed by atoms with E-state index in [0.717, 1.165) is 10.1 Å². The minimum Gasteiger partial charge on any atom is -0.321 e. The largest absolute Gasteiger partial charge is 0.321 e. The van der Waals surface area contributed by atoms with Gasteiger partial charge < -0.3 is 5.32 Å². The molecular weight excluding hydrogens is 326 g/mol. The standard InChI is InChI=1S/C17H11N3O3S/c21-15-10-5-3-6-11(14(10)17(23)20-19-15)18-16(22)13-8-9-4-1-2-7-12(9)24-13/h1-8H,(H,18,22)(H,19,21)(H,20,23). The number of nitrogens with one attached hydrogen (secondary N) is 3. The second-order valence-electron chi connectivity index (χ2n) is 5.24. The van der Waals surface area contributed by atoms with Gasteiger partial charge in [0.05, 0.1) is 21.3 Å². The number of anilines is 1. The summed E-state index contributed by atoms with van der Waals surface area (Å²) in [5.74, 6) is -0.316. The van der Waals surface area contributed by atoms with Gasteiger partial charge in [0.1, 0.15) is 0 Å². The van der Waals surface area contributed by atoms with Crippen LogP contribution in [0.2, 0.25) is 0 Å². The van der Waals surface area contributed by atoms with Crippen molar-refractivity contribution in [1.82, 2.24) is 10.2 Å². The minimum absolute atomic E-state index is 0.163. The lowest BCUT2D eigenvalue weighted by Crippen LogP contribution is -2.21. The number of hydrogen-bond donors (Lipinski definition) is 3. The third-order valence-corrected chi connectivity index (χ3v) is 4.84. The first-order chi connectivity index (χ1) is 11.6. The van der Waals surface area contributed by atoms with Crippen LogP contribution in [-0.4, -0.2) is 16.1 Å². The Bertz CT molecular complexity index is 1170. The minimum atomic E-state index is -0.461. The highest BCUT2D eigenvalue weighted by Gasteiger charge is 2.14. The van der Waals surface area contributed by atoms with Crippen LogP contribution in [0.3, 0.4) is 0 Å². The highest BCUT2D eigenvalue weighted by atomic mass is 32.1. The summed E-state index contributed by atoms with van der Waals surface area (Å²) in [6.45, 7) is 0. The van der Waals surface area contributed by atoms with Gasteiger partial charge in [0.2, 0.25) is 0 Å². The molecular formula is C17H11N3O3S. The van der Waals surface area contributed by atoms with Crippen LogP contribution in [0.1, 0.15) is 9.67 Å². The second kappa shape index (κ2) is 5.47. The van der Waals surface area contributed by atoms with Crippen molar-refractivity contribution in [1.29, 1.82) is 0 Å². The second-order valence-corrected chi connectivity index (χ2v) is 6.32. The van der Waals surface area contributed by atoms with Crippen LogP contribution in [0.4, 0.5) is 5.69 Å². The number of benzene rings is 2. The summed E-state index contributed by atoms with van der Waals surface area (Å²) in [4.78, 5) is 36.9. The van der Waals surface area contributed by atoms with Gasteiger partial charge in [-0.15, -0.1) is 11.3 Å². The molecule has 2 heterocycles. The van der Waals surface area contributed by atoms with Gasteiger partial charge >= 0.3 is 0 Å². The Morgan fingerprint density at radius 2 is 1.75 bits per heavy atom. The average molecular weight is 337 g/mol. The third-order valence-electron chi connectivity index (χ3n) is 3.72. The molecule has 0 fully saturated rings. The Kier molecular flexibility index (Phi) is 3.28. The highest BCUT2D eigenvalue weighted by molar-refractivity contribution is 7.20. The number of fused-ring (bicyclic) bond motifs is 2. The Morgan fingerprint density at radius 3 is 2.58 bits per heavy atom. The Hall–Kier alpha value is -3.19. The zero-order valence-electron chi connectivity index (χ0n) is 12.3. The van der Waals surface area contributed by atoms with Crippen LogP contribution in [0, 0.1) is 0 Å². The van der Waals surface area contributed by atoms with Gasteiger partial charge in [-0.05, 0) is 29.7 Å². The van der Waals surface area contributed by atoms with Gasteiger partial charge in [0.25, 0.3) is 17.0 Å². The molecule has 2 aromatic heterocycles. The summed E-state index contributed by atoms with van der Waals surface area (Å²) in [7, 11) is 0. The van der Waals surface area contributed by atoms with E-state index in [4.69, 9.17) is 0 Å². The number of aromatic amines is 2. The van der Waals surface area contributed by atoms with Gasteiger partial charge in [0, 0.05) is 4.70 Å². The molecule has 2 aromatic carbocycles. The summed E-state index contributed by atoms with van der Waals surface area (Å²) < 4.78 is 1.01. The summed E-state index contributed by atoms with van der Waals surface area (Å²) >= 11 is 1.37. The fourth-order valence-corrected chi connectivity index (χ4v) is 3.57. The Labute approximate surface area is 138 Å². The molecule has 0 saturated carbocycles. The zero-order valence-corrected chi connectivity index (χ0v) is 13.1. The summed E-state index contributed by atoms with van der Waals surface area (Å²) in [5.41, 5.74) is -0.568. The van der Waals surface area contributed by atoms with Crippen molar-refractivity contribution in [3.8, 4) is 0 Å². The Balaban J connectivity index is 1.79. The molecule has 24 heavy (non-hydrogen) atoms. The zero-order chi connectivity index (χ0) is 16.7. The molecule has 4 rings (SSSR count). The molecule has 0 unspecified atom stereocenters. The molecule has 6 nitrogen and oxygen atoms in total. The number of carbonyl (C=O) groups excluding carboxylic acids is 1. The van der Waals surface area contributed by atoms with E-state index in [2.05, 4.69) is 15.5 Å². The van der Waals surface area contributed by atoms with Gasteiger partial charge in [0.15, 0.2) is 0 Å². The molecule has 0 aliphatic heterocycles. The molecule has 0 spiro atoms. The van der Waals surface area contributed by atoms with E-state index in [1.165, 1.54) is 11.3 Å². The van der Waals surface area contributed by atoms with Crippen molar-refractivity contribution < 1.29 is 4.79 Å². The monoisotopic (exact) mass is 337 g/mol. The number of carbonyl (C=O) groups is 1. The molecule has 4 aromatic rings. The topological polar surface area (TPSA) is 94.8 Å². The molecule has 7 heteroatoms. The molecule has 0 radical (unpaired) electrons. The van der Waals surface area contributed by atoms with Crippen LogP contribution in [0.5, 0.6) is 0 Å². The van der Waals surface area contributed by atoms with E-state index in [-0.39, 0.29) is 16.7 Å². The van der Waals surface area contributed by atoms with Crippen LogP contribution in [0.25, 0.3) is 20.9 Å². The van der Waals surface area contributed by atoms with Gasteiger partial charge in [-0.1, -0.05) is 24.3 Å². The fraction of sp³-hybridized carbons (Fsp3) is 0. The van der Waals surface area contributed by atoms with Crippen molar-refractivity contribution in [2.75, 3.05) is 5.32 Å². The number of rotatable bonds is 2. The van der Waals surface area contributed by atoms with E-state index in [1.54, 1.807) is 24.3 Å². The van der Waals surface area contributed by atoms with Crippen LogP contribution >= 0.6 is 11.3 Å². The quantitative estimate of drug-likeness (QED) is 0.525. The van der Waals surface area contributed by atoms with Crippen LogP contribution in [0.15, 0.2) is 58.1 Å². The van der Waals surface area contributed by atoms with E-state index < -0.39 is 11.1 Å². The molecule has 3 N–H and O–H groups in total. The predicted octanol–water partition coefficient (Wildman–Crippen LogP) is 2.68. The van der Waals surface area contributed by atoms with E-state index in [9.17, 15) is 14.4 Å². The maximum atomic E-state index is 12.5. The SMILES string of the molecule is O=C(Nc1cccc2c(=O)[nH][nH]c(=O)c12)c1cc2ccccc2s1. The smallest absolute Gasteiger partial charge is 0.272 e. The Morgan fingerprint density at radius 1 is 0.958 bits per heavy atom. The maximum absolute atomic E-state index is 12.5. The molecule has 0 aliphatic carbocycles. The number of hydrogen-bond acceptors (Lipinski definition) is 4. The van der Waals surface area contributed by atoms with Gasteiger partial charge in [-0.25, -0.2) is 0 Å². The number of H-pyrrole nitrogens is 2. The number of aromatic nitrogens is 2. The van der Waals surface area contributed by atoms with Crippen molar-refractivity contribution >= 4 is 43.8 Å². The normalized spacial score (nSPS) is 11.0. The van der Waals surface area contributed by atoms with Crippen molar-refractivity contribution in [3.05, 3.63) is 74.1 Å². The summed E-state index contributed by atoms with van der Waals surface area (Å²) in [6, 6.07) is 14.3. The maximum Gasteiger partial charge on any atom is 0.272 e. The molecule has 0 aliphatic rings. The first kappa shape index (κ1) is 14.4. The molecule has 0 atom stereocenters. The van der Waals surface area contributed by atoms with Gasteiger partial charge in [-0.2, -0.15) is 0 Å². The number of amides is 1. The summed E-state index contributed by atoms with van der Waals surface area (Å²) in [6.07, 6.45) is 0. The van der Waals surface area contributed by atoms with Crippen molar-refractivity contribution in [2.45, 2.75) is 0 Å².